The molecule has 3 nitrogen and oxygen atoms in total. The highest BCUT2D eigenvalue weighted by molar-refractivity contribution is 9.10. The average Bonchev–Trinajstić information content (AvgIpc) is 3.04. The molecule has 0 unspecified atom stereocenters. The first kappa shape index (κ1) is 16.4. The summed E-state index contributed by atoms with van der Waals surface area (Å²) in [5.41, 5.74) is 2.78. The maximum atomic E-state index is 13.4. The third-order valence-electron chi connectivity index (χ3n) is 3.71. The van der Waals surface area contributed by atoms with Crippen LogP contribution in [0.15, 0.2) is 58.6 Å². The van der Waals surface area contributed by atoms with Crippen LogP contribution in [0.3, 0.4) is 0 Å². The molecular weight excluding hydrogens is 425 g/mol. The van der Waals surface area contributed by atoms with Gasteiger partial charge in [-0.05, 0) is 35.9 Å². The van der Waals surface area contributed by atoms with Gasteiger partial charge in [-0.2, -0.15) is 0 Å². The van der Waals surface area contributed by atoms with E-state index < -0.39 is 5.82 Å². The topological polar surface area (TPSA) is 37.8 Å². The van der Waals surface area contributed by atoms with Crippen molar-refractivity contribution in [2.24, 2.45) is 0 Å². The molecule has 2 aromatic heterocycles. The Morgan fingerprint density at radius 2 is 1.88 bits per heavy atom. The Hall–Kier alpha value is -2.02. The van der Waals surface area contributed by atoms with Crippen molar-refractivity contribution >= 4 is 60.6 Å². The Bertz CT molecular complexity index is 1070. The zero-order chi connectivity index (χ0) is 17.4. The number of aromatic nitrogens is 2. The third kappa shape index (κ3) is 3.25. The molecule has 2 heterocycles. The van der Waals surface area contributed by atoms with Gasteiger partial charge in [0.15, 0.2) is 0 Å². The lowest BCUT2D eigenvalue weighted by atomic mass is 10.1. The molecule has 25 heavy (non-hydrogen) atoms. The summed E-state index contributed by atoms with van der Waals surface area (Å²) in [6.07, 6.45) is 1.51. The minimum Gasteiger partial charge on any atom is -0.340 e. The summed E-state index contributed by atoms with van der Waals surface area (Å²) in [5.74, 6) is 0.206. The summed E-state index contributed by atoms with van der Waals surface area (Å²) in [7, 11) is 0. The molecule has 0 atom stereocenters. The lowest BCUT2D eigenvalue weighted by Gasteiger charge is -2.09. The zero-order valence-corrected chi connectivity index (χ0v) is 15.8. The van der Waals surface area contributed by atoms with Gasteiger partial charge in [0.05, 0.1) is 10.4 Å². The molecule has 0 aliphatic heterocycles. The molecule has 0 aliphatic carbocycles. The van der Waals surface area contributed by atoms with Crippen molar-refractivity contribution < 1.29 is 4.39 Å². The van der Waals surface area contributed by atoms with Crippen LogP contribution in [-0.4, -0.2) is 9.97 Å². The Balaban J connectivity index is 1.82. The van der Waals surface area contributed by atoms with Crippen molar-refractivity contribution in [2.75, 3.05) is 5.32 Å². The largest absolute Gasteiger partial charge is 0.340 e. The molecule has 0 saturated carbocycles. The van der Waals surface area contributed by atoms with Gasteiger partial charge in [-0.1, -0.05) is 39.7 Å². The predicted molar refractivity (Wildman–Crippen MR) is 105 cm³/mol. The Kier molecular flexibility index (Phi) is 4.41. The van der Waals surface area contributed by atoms with E-state index in [1.165, 1.54) is 18.5 Å². The van der Waals surface area contributed by atoms with Crippen LogP contribution in [-0.2, 0) is 0 Å². The molecular formula is C18H10BrClFN3S. The van der Waals surface area contributed by atoms with E-state index in [4.69, 9.17) is 11.6 Å². The second kappa shape index (κ2) is 6.71. The average molecular weight is 435 g/mol. The maximum Gasteiger partial charge on any atom is 0.143 e. The highest BCUT2D eigenvalue weighted by atomic mass is 79.9. The molecule has 0 bridgehead atoms. The number of rotatable bonds is 3. The Morgan fingerprint density at radius 1 is 1.08 bits per heavy atom. The lowest BCUT2D eigenvalue weighted by molar-refractivity contribution is 0.628. The van der Waals surface area contributed by atoms with Crippen LogP contribution in [0.1, 0.15) is 0 Å². The predicted octanol–water partition coefficient (Wildman–Crippen LogP) is 6.66. The standard InChI is InChI=1S/C18H10BrClFN3S/c19-11-3-1-10(2-4-11)13-8-25-18-16(13)17(22-9-23-18)24-12-5-6-15(21)14(20)7-12/h1-9H,(H,22,23,24). The highest BCUT2D eigenvalue weighted by Crippen LogP contribution is 2.38. The fourth-order valence-corrected chi connectivity index (χ4v) is 3.88. The van der Waals surface area contributed by atoms with Crippen molar-refractivity contribution in [2.45, 2.75) is 0 Å². The molecule has 0 spiro atoms. The molecule has 2 aromatic carbocycles. The van der Waals surface area contributed by atoms with Crippen LogP contribution >= 0.6 is 38.9 Å². The number of benzene rings is 2. The molecule has 0 radical (unpaired) electrons. The first-order valence-electron chi connectivity index (χ1n) is 7.32. The monoisotopic (exact) mass is 433 g/mol. The second-order valence-electron chi connectivity index (χ2n) is 5.31. The second-order valence-corrected chi connectivity index (χ2v) is 7.49. The van der Waals surface area contributed by atoms with Gasteiger partial charge in [0.25, 0.3) is 0 Å². The summed E-state index contributed by atoms with van der Waals surface area (Å²) < 4.78 is 14.4. The van der Waals surface area contributed by atoms with E-state index in [1.807, 2.05) is 24.3 Å². The quantitative estimate of drug-likeness (QED) is 0.392. The van der Waals surface area contributed by atoms with Crippen molar-refractivity contribution in [3.8, 4) is 11.1 Å². The molecule has 124 valence electrons. The van der Waals surface area contributed by atoms with Gasteiger partial charge >= 0.3 is 0 Å². The van der Waals surface area contributed by atoms with Crippen LogP contribution in [0, 0.1) is 5.82 Å². The normalized spacial score (nSPS) is 11.0. The fourth-order valence-electron chi connectivity index (χ4n) is 2.52. The van der Waals surface area contributed by atoms with E-state index in [0.29, 0.717) is 11.5 Å². The summed E-state index contributed by atoms with van der Waals surface area (Å²) in [6, 6.07) is 12.6. The molecule has 7 heteroatoms. The molecule has 4 aromatic rings. The number of thiophene rings is 1. The van der Waals surface area contributed by atoms with Gasteiger partial charge in [0.2, 0.25) is 0 Å². The molecule has 0 aliphatic rings. The van der Waals surface area contributed by atoms with E-state index in [9.17, 15) is 4.39 Å². The highest BCUT2D eigenvalue weighted by Gasteiger charge is 2.13. The van der Waals surface area contributed by atoms with Gasteiger partial charge < -0.3 is 5.32 Å². The van der Waals surface area contributed by atoms with Crippen molar-refractivity contribution in [1.29, 1.82) is 0 Å². The minimum atomic E-state index is -0.453. The number of hydrogen-bond acceptors (Lipinski definition) is 4. The number of fused-ring (bicyclic) bond motifs is 1. The molecule has 0 amide bonds. The third-order valence-corrected chi connectivity index (χ3v) is 5.41. The van der Waals surface area contributed by atoms with E-state index in [-0.39, 0.29) is 5.02 Å². The Labute approximate surface area is 160 Å². The van der Waals surface area contributed by atoms with Crippen LogP contribution < -0.4 is 5.32 Å². The number of nitrogens with one attached hydrogen (secondary N) is 1. The van der Waals surface area contributed by atoms with Crippen molar-refractivity contribution in [3.05, 3.63) is 69.5 Å². The fraction of sp³-hybridized carbons (Fsp3) is 0. The summed E-state index contributed by atoms with van der Waals surface area (Å²) in [4.78, 5) is 9.60. The first-order chi connectivity index (χ1) is 12.1. The number of hydrogen-bond donors (Lipinski definition) is 1. The first-order valence-corrected chi connectivity index (χ1v) is 9.37. The lowest BCUT2D eigenvalue weighted by Crippen LogP contribution is -1.96. The summed E-state index contributed by atoms with van der Waals surface area (Å²) in [6.45, 7) is 0. The van der Waals surface area contributed by atoms with Crippen LogP contribution in [0.4, 0.5) is 15.9 Å². The maximum absolute atomic E-state index is 13.4. The van der Waals surface area contributed by atoms with Gasteiger partial charge in [0.1, 0.15) is 22.8 Å². The number of halogens is 3. The van der Waals surface area contributed by atoms with E-state index in [1.54, 1.807) is 17.4 Å². The summed E-state index contributed by atoms with van der Waals surface area (Å²) >= 11 is 10.9. The van der Waals surface area contributed by atoms with Crippen LogP contribution in [0.25, 0.3) is 21.3 Å². The molecule has 0 fully saturated rings. The van der Waals surface area contributed by atoms with Crippen LogP contribution in [0.5, 0.6) is 0 Å². The minimum absolute atomic E-state index is 0.0637. The number of nitrogens with zero attached hydrogens (tertiary/aromatic N) is 2. The van der Waals surface area contributed by atoms with Crippen LogP contribution in [0.2, 0.25) is 5.02 Å². The zero-order valence-electron chi connectivity index (χ0n) is 12.6. The van der Waals surface area contributed by atoms with E-state index in [0.717, 1.165) is 25.8 Å². The SMILES string of the molecule is Fc1ccc(Nc2ncnc3scc(-c4ccc(Br)cc4)c23)cc1Cl. The molecule has 0 saturated heterocycles. The van der Waals surface area contributed by atoms with E-state index >= 15 is 0 Å². The van der Waals surface area contributed by atoms with Gasteiger partial charge in [0, 0.05) is 21.1 Å². The van der Waals surface area contributed by atoms with Gasteiger partial charge in [-0.3, -0.25) is 0 Å². The molecule has 1 N–H and O–H groups in total. The number of anilines is 2. The molecule has 4 rings (SSSR count). The van der Waals surface area contributed by atoms with Gasteiger partial charge in [-0.25, -0.2) is 14.4 Å². The summed E-state index contributed by atoms with van der Waals surface area (Å²) in [5, 5.41) is 6.27. The van der Waals surface area contributed by atoms with E-state index in [2.05, 4.69) is 36.6 Å². The smallest absolute Gasteiger partial charge is 0.143 e. The van der Waals surface area contributed by atoms with Crippen molar-refractivity contribution in [3.63, 3.8) is 0 Å². The van der Waals surface area contributed by atoms with Gasteiger partial charge in [-0.15, -0.1) is 11.3 Å². The van der Waals surface area contributed by atoms with Crippen molar-refractivity contribution in [1.82, 2.24) is 9.97 Å². The Morgan fingerprint density at radius 3 is 2.64 bits per heavy atom.